The number of carbonyl (C=O) groups is 3. The Bertz CT molecular complexity index is 907. The summed E-state index contributed by atoms with van der Waals surface area (Å²) in [5, 5.41) is 11.1. The molecule has 0 heterocycles. The molecule has 0 aromatic heterocycles. The summed E-state index contributed by atoms with van der Waals surface area (Å²) >= 11 is 0. The molecule has 2 rings (SSSR count). The molecule has 0 atom stereocenters. The van der Waals surface area contributed by atoms with Gasteiger partial charge in [0.05, 0.1) is 0 Å². The van der Waals surface area contributed by atoms with Crippen LogP contribution in [0.15, 0.2) is 42.5 Å². The summed E-state index contributed by atoms with van der Waals surface area (Å²) in [6.07, 6.45) is 0. The highest BCUT2D eigenvalue weighted by Gasteiger charge is 2.12. The number of nitrogens with one attached hydrogen (secondary N) is 4. The zero-order valence-corrected chi connectivity index (χ0v) is 17.4. The number of rotatable bonds is 6. The van der Waals surface area contributed by atoms with Gasteiger partial charge in [-0.15, -0.1) is 0 Å². The summed E-state index contributed by atoms with van der Waals surface area (Å²) < 4.78 is 0. The van der Waals surface area contributed by atoms with Crippen molar-refractivity contribution in [2.75, 3.05) is 16.0 Å². The van der Waals surface area contributed by atoms with Crippen molar-refractivity contribution in [2.45, 2.75) is 40.7 Å². The van der Waals surface area contributed by atoms with Crippen LogP contribution in [0.5, 0.6) is 0 Å². The first-order valence-corrected chi connectivity index (χ1v) is 9.56. The molecule has 0 radical (unpaired) electrons. The number of hydrogen-bond acceptors (Lipinski definition) is 3. The Morgan fingerprint density at radius 1 is 0.828 bits per heavy atom. The van der Waals surface area contributed by atoms with Crippen molar-refractivity contribution in [3.8, 4) is 0 Å². The third-order valence-electron chi connectivity index (χ3n) is 4.08. The first-order chi connectivity index (χ1) is 13.7. The number of benzene rings is 2. The van der Waals surface area contributed by atoms with E-state index in [0.717, 1.165) is 5.56 Å². The van der Waals surface area contributed by atoms with Gasteiger partial charge in [-0.25, -0.2) is 4.79 Å². The lowest BCUT2D eigenvalue weighted by Crippen LogP contribution is -2.34. The van der Waals surface area contributed by atoms with E-state index >= 15 is 0 Å². The van der Waals surface area contributed by atoms with E-state index in [4.69, 9.17) is 0 Å². The molecule has 4 amide bonds. The Balaban J connectivity index is 2.13. The lowest BCUT2D eigenvalue weighted by atomic mass is 10.1. The normalized spacial score (nSPS) is 10.6. The standard InChI is InChI=1S/C22H28N4O3/c1-13(2)20(27)24-18-10-9-15(5)19(12-18)26-21(28)16-7-6-8-17(11-16)25-22(29)23-14(3)4/h6-14H,1-5H3,(H,24,27)(H,26,28)(H2,23,25,29). The van der Waals surface area contributed by atoms with Gasteiger partial charge >= 0.3 is 6.03 Å². The van der Waals surface area contributed by atoms with E-state index in [1.807, 2.05) is 40.7 Å². The summed E-state index contributed by atoms with van der Waals surface area (Å²) in [5.41, 5.74) is 3.01. The summed E-state index contributed by atoms with van der Waals surface area (Å²) in [5.74, 6) is -0.546. The zero-order valence-electron chi connectivity index (χ0n) is 17.4. The fraction of sp³-hybridized carbons (Fsp3) is 0.318. The van der Waals surface area contributed by atoms with E-state index in [0.29, 0.717) is 22.6 Å². The maximum atomic E-state index is 12.7. The highest BCUT2D eigenvalue weighted by Crippen LogP contribution is 2.22. The van der Waals surface area contributed by atoms with E-state index in [-0.39, 0.29) is 29.8 Å². The second kappa shape index (κ2) is 9.73. The van der Waals surface area contributed by atoms with Crippen LogP contribution in [-0.2, 0) is 4.79 Å². The molecule has 29 heavy (non-hydrogen) atoms. The SMILES string of the molecule is Cc1ccc(NC(=O)C(C)C)cc1NC(=O)c1cccc(NC(=O)NC(C)C)c1. The Labute approximate surface area is 171 Å². The summed E-state index contributed by atoms with van der Waals surface area (Å²) in [6, 6.07) is 11.7. The van der Waals surface area contributed by atoms with Gasteiger partial charge in [-0.1, -0.05) is 26.0 Å². The Kier molecular flexibility index (Phi) is 7.36. The molecular weight excluding hydrogens is 368 g/mol. The van der Waals surface area contributed by atoms with Gasteiger partial charge in [-0.2, -0.15) is 0 Å². The van der Waals surface area contributed by atoms with Crippen molar-refractivity contribution < 1.29 is 14.4 Å². The van der Waals surface area contributed by atoms with Crippen LogP contribution in [-0.4, -0.2) is 23.9 Å². The zero-order chi connectivity index (χ0) is 21.6. The maximum absolute atomic E-state index is 12.7. The van der Waals surface area contributed by atoms with E-state index in [2.05, 4.69) is 21.3 Å². The van der Waals surface area contributed by atoms with Crippen molar-refractivity contribution in [2.24, 2.45) is 5.92 Å². The lowest BCUT2D eigenvalue weighted by molar-refractivity contribution is -0.118. The summed E-state index contributed by atoms with van der Waals surface area (Å²) in [4.78, 5) is 36.5. The van der Waals surface area contributed by atoms with Gasteiger partial charge < -0.3 is 21.3 Å². The Morgan fingerprint density at radius 3 is 2.17 bits per heavy atom. The van der Waals surface area contributed by atoms with Crippen LogP contribution in [0.2, 0.25) is 0 Å². The predicted molar refractivity (Wildman–Crippen MR) is 116 cm³/mol. The first kappa shape index (κ1) is 21.9. The Hall–Kier alpha value is -3.35. The number of urea groups is 1. The topological polar surface area (TPSA) is 99.3 Å². The van der Waals surface area contributed by atoms with Gasteiger partial charge in [0.2, 0.25) is 5.91 Å². The fourth-order valence-corrected chi connectivity index (χ4v) is 2.48. The van der Waals surface area contributed by atoms with E-state index in [1.165, 1.54) is 0 Å². The molecule has 0 aliphatic rings. The number of aryl methyl sites for hydroxylation is 1. The molecule has 0 aliphatic heterocycles. The molecule has 0 fully saturated rings. The van der Waals surface area contributed by atoms with Gasteiger partial charge in [-0.05, 0) is 56.7 Å². The molecule has 0 saturated carbocycles. The van der Waals surface area contributed by atoms with Crippen molar-refractivity contribution in [3.05, 3.63) is 53.6 Å². The van der Waals surface area contributed by atoms with Gasteiger partial charge in [0.25, 0.3) is 5.91 Å². The monoisotopic (exact) mass is 396 g/mol. The lowest BCUT2D eigenvalue weighted by Gasteiger charge is -2.13. The maximum Gasteiger partial charge on any atom is 0.319 e. The second-order valence-electron chi connectivity index (χ2n) is 7.46. The quantitative estimate of drug-likeness (QED) is 0.583. The van der Waals surface area contributed by atoms with Crippen molar-refractivity contribution in [1.82, 2.24) is 5.32 Å². The molecule has 0 unspecified atom stereocenters. The van der Waals surface area contributed by atoms with Crippen LogP contribution in [0.25, 0.3) is 0 Å². The minimum atomic E-state index is -0.331. The second-order valence-corrected chi connectivity index (χ2v) is 7.46. The molecule has 7 nitrogen and oxygen atoms in total. The third kappa shape index (κ3) is 6.64. The molecule has 7 heteroatoms. The van der Waals surface area contributed by atoms with Crippen LogP contribution in [0.4, 0.5) is 21.9 Å². The highest BCUT2D eigenvalue weighted by molar-refractivity contribution is 6.06. The molecule has 0 aliphatic carbocycles. The minimum Gasteiger partial charge on any atom is -0.336 e. The van der Waals surface area contributed by atoms with Crippen LogP contribution in [0, 0.1) is 12.8 Å². The number of anilines is 3. The fourth-order valence-electron chi connectivity index (χ4n) is 2.48. The number of hydrogen-bond donors (Lipinski definition) is 4. The third-order valence-corrected chi connectivity index (χ3v) is 4.08. The smallest absolute Gasteiger partial charge is 0.319 e. The van der Waals surface area contributed by atoms with E-state index in [9.17, 15) is 14.4 Å². The Morgan fingerprint density at radius 2 is 1.52 bits per heavy atom. The van der Waals surface area contributed by atoms with Gasteiger partial charge in [0.1, 0.15) is 0 Å². The molecular formula is C22H28N4O3. The summed E-state index contributed by atoms with van der Waals surface area (Å²) in [7, 11) is 0. The first-order valence-electron chi connectivity index (χ1n) is 9.56. The van der Waals surface area contributed by atoms with Crippen LogP contribution in [0.1, 0.15) is 43.6 Å². The van der Waals surface area contributed by atoms with E-state index < -0.39 is 0 Å². The molecule has 154 valence electrons. The average Bonchev–Trinajstić information content (AvgIpc) is 2.63. The summed E-state index contributed by atoms with van der Waals surface area (Å²) in [6.45, 7) is 9.23. The molecule has 2 aromatic rings. The van der Waals surface area contributed by atoms with Gasteiger partial charge in [-0.3, -0.25) is 9.59 Å². The molecule has 2 aromatic carbocycles. The predicted octanol–water partition coefficient (Wildman–Crippen LogP) is 4.37. The van der Waals surface area contributed by atoms with Crippen molar-refractivity contribution in [3.63, 3.8) is 0 Å². The molecule has 0 spiro atoms. The van der Waals surface area contributed by atoms with Crippen molar-refractivity contribution in [1.29, 1.82) is 0 Å². The van der Waals surface area contributed by atoms with E-state index in [1.54, 1.807) is 36.4 Å². The van der Waals surface area contributed by atoms with Gasteiger partial charge in [0, 0.05) is 34.6 Å². The van der Waals surface area contributed by atoms with Crippen LogP contribution in [0.3, 0.4) is 0 Å². The minimum absolute atomic E-state index is 0.00733. The number of amides is 4. The average molecular weight is 396 g/mol. The number of carbonyl (C=O) groups excluding carboxylic acids is 3. The highest BCUT2D eigenvalue weighted by atomic mass is 16.2. The van der Waals surface area contributed by atoms with Crippen molar-refractivity contribution >= 4 is 34.9 Å². The molecule has 4 N–H and O–H groups in total. The molecule has 0 bridgehead atoms. The van der Waals surface area contributed by atoms with Crippen LogP contribution < -0.4 is 21.3 Å². The molecule has 0 saturated heterocycles. The van der Waals surface area contributed by atoms with Crippen LogP contribution >= 0.6 is 0 Å². The van der Waals surface area contributed by atoms with Gasteiger partial charge in [0.15, 0.2) is 0 Å². The largest absolute Gasteiger partial charge is 0.336 e.